The zero-order valence-electron chi connectivity index (χ0n) is 21.6. The number of thioether (sulfide) groups is 1. The van der Waals surface area contributed by atoms with Gasteiger partial charge in [0.1, 0.15) is 15.8 Å². The first-order valence-corrected chi connectivity index (χ1v) is 13.9. The van der Waals surface area contributed by atoms with Gasteiger partial charge in [-0.05, 0) is 67.8 Å². The Bertz CT molecular complexity index is 1500. The highest BCUT2D eigenvalue weighted by Gasteiger charge is 2.36. The van der Waals surface area contributed by atoms with Gasteiger partial charge in [-0.15, -0.1) is 0 Å². The number of aromatic nitrogens is 2. The minimum Gasteiger partial charge on any atom is -0.494 e. The Labute approximate surface area is 233 Å². The second-order valence-electron chi connectivity index (χ2n) is 9.18. The molecular weight excluding hydrogens is 510 g/mol. The van der Waals surface area contributed by atoms with Crippen molar-refractivity contribution in [1.29, 1.82) is 0 Å². The van der Waals surface area contributed by atoms with E-state index in [1.165, 1.54) is 11.8 Å². The van der Waals surface area contributed by atoms with Crippen LogP contribution in [-0.2, 0) is 4.79 Å². The molecule has 0 spiro atoms. The molecule has 1 saturated heterocycles. The first kappa shape index (κ1) is 25.9. The first-order chi connectivity index (χ1) is 18.5. The van der Waals surface area contributed by atoms with E-state index in [-0.39, 0.29) is 11.9 Å². The highest BCUT2D eigenvalue weighted by Crippen LogP contribution is 2.39. The highest BCUT2D eigenvalue weighted by atomic mass is 32.2. The van der Waals surface area contributed by atoms with Crippen LogP contribution in [0.2, 0.25) is 0 Å². The second-order valence-corrected chi connectivity index (χ2v) is 10.9. The van der Waals surface area contributed by atoms with Crippen molar-refractivity contribution in [2.45, 2.75) is 33.2 Å². The standard InChI is InChI=1S/C31H29N3O2S2/c1-4-17-36-26-15-16-27(21(2)18-26)29-24(20-33(32-29)25-13-9-6-10-14-25)19-28-30(35)34(31(37)38-28)22(3)23-11-7-5-8-12-23/h5-16,18-20,22H,4,17H2,1-3H3/b28-19-. The van der Waals surface area contributed by atoms with Gasteiger partial charge in [-0.2, -0.15) is 5.10 Å². The lowest BCUT2D eigenvalue weighted by Crippen LogP contribution is -2.30. The molecule has 1 atom stereocenters. The Morgan fingerprint density at radius 1 is 1.05 bits per heavy atom. The van der Waals surface area contributed by atoms with Crippen molar-refractivity contribution in [3.8, 4) is 22.7 Å². The summed E-state index contributed by atoms with van der Waals surface area (Å²) in [7, 11) is 0. The zero-order chi connectivity index (χ0) is 26.6. The van der Waals surface area contributed by atoms with E-state index in [0.29, 0.717) is 15.8 Å². The van der Waals surface area contributed by atoms with Crippen molar-refractivity contribution >= 4 is 40.3 Å². The number of aryl methyl sites for hydroxylation is 1. The van der Waals surface area contributed by atoms with Gasteiger partial charge in [-0.3, -0.25) is 9.69 Å². The maximum atomic E-state index is 13.6. The molecule has 0 saturated carbocycles. The summed E-state index contributed by atoms with van der Waals surface area (Å²) in [5.74, 6) is 0.753. The lowest BCUT2D eigenvalue weighted by molar-refractivity contribution is -0.123. The number of hydrogen-bond acceptors (Lipinski definition) is 5. The minimum absolute atomic E-state index is 0.0881. The molecule has 5 nitrogen and oxygen atoms in total. The zero-order valence-corrected chi connectivity index (χ0v) is 23.3. The van der Waals surface area contributed by atoms with Gasteiger partial charge in [0.25, 0.3) is 5.91 Å². The van der Waals surface area contributed by atoms with Gasteiger partial charge < -0.3 is 4.74 Å². The summed E-state index contributed by atoms with van der Waals surface area (Å²) in [5.41, 5.74) is 5.68. The molecule has 1 amide bonds. The van der Waals surface area contributed by atoms with Crippen LogP contribution in [0.4, 0.5) is 0 Å². The molecule has 3 aromatic carbocycles. The Morgan fingerprint density at radius 3 is 2.45 bits per heavy atom. The van der Waals surface area contributed by atoms with E-state index in [2.05, 4.69) is 13.8 Å². The molecule has 38 heavy (non-hydrogen) atoms. The van der Waals surface area contributed by atoms with Gasteiger partial charge >= 0.3 is 0 Å². The smallest absolute Gasteiger partial charge is 0.266 e. The number of carbonyl (C=O) groups is 1. The fourth-order valence-corrected chi connectivity index (χ4v) is 5.87. The number of amides is 1. The SMILES string of the molecule is CCCOc1ccc(-c2nn(-c3ccccc3)cc2/C=C2\SC(=S)N(C(C)c3ccccc3)C2=O)c(C)c1. The molecule has 5 rings (SSSR count). The van der Waals surface area contributed by atoms with Crippen LogP contribution < -0.4 is 4.74 Å². The second kappa shape index (κ2) is 11.4. The summed E-state index contributed by atoms with van der Waals surface area (Å²) >= 11 is 6.99. The van der Waals surface area contributed by atoms with Crippen LogP contribution in [0.5, 0.6) is 5.75 Å². The summed E-state index contributed by atoms with van der Waals surface area (Å²) in [6.45, 7) is 6.83. The first-order valence-electron chi connectivity index (χ1n) is 12.7. The van der Waals surface area contributed by atoms with E-state index in [9.17, 15) is 4.79 Å². The Balaban J connectivity index is 1.54. The number of ether oxygens (including phenoxy) is 1. The molecule has 1 aliphatic heterocycles. The van der Waals surface area contributed by atoms with Crippen molar-refractivity contribution in [2.24, 2.45) is 0 Å². The summed E-state index contributed by atoms with van der Waals surface area (Å²) in [5, 5.41) is 4.96. The largest absolute Gasteiger partial charge is 0.494 e. The van der Waals surface area contributed by atoms with Gasteiger partial charge in [0.15, 0.2) is 0 Å². The van der Waals surface area contributed by atoms with Crippen LogP contribution in [0.25, 0.3) is 23.0 Å². The van der Waals surface area contributed by atoms with E-state index in [1.807, 2.05) is 103 Å². The molecule has 0 aliphatic carbocycles. The predicted octanol–water partition coefficient (Wildman–Crippen LogP) is 7.60. The van der Waals surface area contributed by atoms with Gasteiger partial charge in [0, 0.05) is 17.3 Å². The predicted molar refractivity (Wildman–Crippen MR) is 159 cm³/mol. The van der Waals surface area contributed by atoms with Crippen LogP contribution in [-0.4, -0.2) is 31.5 Å². The molecule has 2 heterocycles. The number of nitrogens with zero attached hydrogens (tertiary/aromatic N) is 3. The fraction of sp³-hybridized carbons (Fsp3) is 0.194. The van der Waals surface area contributed by atoms with E-state index in [0.717, 1.165) is 45.8 Å². The Kier molecular flexibility index (Phi) is 7.77. The Morgan fingerprint density at radius 2 is 1.76 bits per heavy atom. The van der Waals surface area contributed by atoms with Crippen LogP contribution in [0.15, 0.2) is 90.0 Å². The fourth-order valence-electron chi connectivity index (χ4n) is 4.46. The van der Waals surface area contributed by atoms with Crippen molar-refractivity contribution in [3.05, 3.63) is 107 Å². The van der Waals surface area contributed by atoms with Crippen LogP contribution >= 0.6 is 24.0 Å². The maximum absolute atomic E-state index is 13.6. The van der Waals surface area contributed by atoms with E-state index >= 15 is 0 Å². The number of rotatable bonds is 8. The molecule has 192 valence electrons. The normalized spacial score (nSPS) is 15.3. The van der Waals surface area contributed by atoms with Crippen LogP contribution in [0.3, 0.4) is 0 Å². The summed E-state index contributed by atoms with van der Waals surface area (Å²) in [6.07, 6.45) is 4.84. The minimum atomic E-state index is -0.154. The van der Waals surface area contributed by atoms with Gasteiger partial charge in [-0.25, -0.2) is 4.68 Å². The van der Waals surface area contributed by atoms with E-state index in [4.69, 9.17) is 22.1 Å². The number of hydrogen-bond donors (Lipinski definition) is 0. The molecule has 1 aliphatic rings. The van der Waals surface area contributed by atoms with Crippen molar-refractivity contribution < 1.29 is 9.53 Å². The molecule has 7 heteroatoms. The van der Waals surface area contributed by atoms with Gasteiger partial charge in [0.05, 0.1) is 23.2 Å². The quantitative estimate of drug-likeness (QED) is 0.170. The highest BCUT2D eigenvalue weighted by molar-refractivity contribution is 8.26. The third-order valence-electron chi connectivity index (χ3n) is 6.47. The maximum Gasteiger partial charge on any atom is 0.266 e. The lowest BCUT2D eigenvalue weighted by atomic mass is 10.0. The lowest BCUT2D eigenvalue weighted by Gasteiger charge is -2.23. The molecule has 1 aromatic heterocycles. The van der Waals surface area contributed by atoms with E-state index < -0.39 is 0 Å². The number of benzene rings is 3. The molecular formula is C31H29N3O2S2. The summed E-state index contributed by atoms with van der Waals surface area (Å²) in [4.78, 5) is 15.9. The third-order valence-corrected chi connectivity index (χ3v) is 7.80. The molecule has 4 aromatic rings. The summed E-state index contributed by atoms with van der Waals surface area (Å²) in [6, 6.07) is 25.8. The average molecular weight is 540 g/mol. The molecule has 0 N–H and O–H groups in total. The topological polar surface area (TPSA) is 47.4 Å². The van der Waals surface area contributed by atoms with Gasteiger partial charge in [0.2, 0.25) is 0 Å². The molecule has 1 fully saturated rings. The average Bonchev–Trinajstić information content (AvgIpc) is 3.48. The van der Waals surface area contributed by atoms with E-state index in [1.54, 1.807) is 4.90 Å². The molecule has 0 radical (unpaired) electrons. The third kappa shape index (κ3) is 5.30. The van der Waals surface area contributed by atoms with Gasteiger partial charge in [-0.1, -0.05) is 79.4 Å². The number of carbonyl (C=O) groups excluding carboxylic acids is 1. The molecule has 1 unspecified atom stereocenters. The van der Waals surface area contributed by atoms with Crippen molar-refractivity contribution in [1.82, 2.24) is 14.7 Å². The number of para-hydroxylation sites is 1. The Hall–Kier alpha value is -3.68. The monoisotopic (exact) mass is 539 g/mol. The molecule has 0 bridgehead atoms. The number of thiocarbonyl (C=S) groups is 1. The van der Waals surface area contributed by atoms with Crippen molar-refractivity contribution in [2.75, 3.05) is 6.61 Å². The van der Waals surface area contributed by atoms with Crippen LogP contribution in [0, 0.1) is 6.92 Å². The van der Waals surface area contributed by atoms with Crippen LogP contribution in [0.1, 0.15) is 43.0 Å². The summed E-state index contributed by atoms with van der Waals surface area (Å²) < 4.78 is 8.25. The van der Waals surface area contributed by atoms with Crippen molar-refractivity contribution in [3.63, 3.8) is 0 Å².